The van der Waals surface area contributed by atoms with Gasteiger partial charge in [-0.3, -0.25) is 0 Å². The molecule has 5 aromatic carbocycles. The molecule has 0 spiro atoms. The smallest absolute Gasteiger partial charge is 0.0148 e. The maximum Gasteiger partial charge on any atom is -0.0148 e. The van der Waals surface area contributed by atoms with E-state index in [1.165, 1.54) is 49.4 Å². The summed E-state index contributed by atoms with van der Waals surface area (Å²) >= 11 is 1.74. The fourth-order valence-corrected chi connectivity index (χ4v) is 5.24. The SMILES string of the molecule is CC(C)(C)c1ccc([O-])c(C(C)(C)C)c1.C[Si](C)=[Zr+2].Cc1cc2cc(C(C)(C)C)ccc2[cH-]1.Cc1cc2cc(C(C)(C)C)ccc2[cH-]1.[Cl-]. The van der Waals surface area contributed by atoms with Gasteiger partial charge >= 0.3 is 41.9 Å². The van der Waals surface area contributed by atoms with Crippen LogP contribution in [0, 0.1) is 13.8 Å². The third-order valence-corrected chi connectivity index (χ3v) is 8.09. The van der Waals surface area contributed by atoms with Gasteiger partial charge in [0, 0.05) is 0 Å². The molecule has 0 N–H and O–H groups in total. The Hall–Kier alpha value is -1.93. The van der Waals surface area contributed by atoms with E-state index in [0.717, 1.165) is 5.56 Å². The Balaban J connectivity index is 0.000000337. The molecule has 0 atom stereocenters. The predicted molar refractivity (Wildman–Crippen MR) is 207 cm³/mol. The topological polar surface area (TPSA) is 23.1 Å². The number of aryl methyl sites for hydroxylation is 2. The molecule has 4 heteroatoms. The number of benzene rings is 3. The van der Waals surface area contributed by atoms with Crippen LogP contribution < -0.4 is 17.5 Å². The van der Waals surface area contributed by atoms with Crippen molar-refractivity contribution in [2.24, 2.45) is 0 Å². The third-order valence-electron chi connectivity index (χ3n) is 8.09. The third kappa shape index (κ3) is 13.8. The molecule has 5 rings (SSSR count). The van der Waals surface area contributed by atoms with Crippen LogP contribution in [-0.2, 0) is 45.0 Å². The van der Waals surface area contributed by atoms with Gasteiger partial charge in [0.05, 0.1) is 0 Å². The first-order chi connectivity index (χ1) is 21.3. The van der Waals surface area contributed by atoms with E-state index in [1.807, 2.05) is 6.07 Å². The number of hydrogen-bond acceptors (Lipinski definition) is 1. The second kappa shape index (κ2) is 17.3. The summed E-state index contributed by atoms with van der Waals surface area (Å²) in [6, 6.07) is 28.2. The van der Waals surface area contributed by atoms with Crippen molar-refractivity contribution in [3.8, 4) is 5.75 Å². The first kappa shape index (κ1) is 44.1. The Kier molecular flexibility index (Phi) is 15.9. The zero-order valence-electron chi connectivity index (χ0n) is 32.8. The average Bonchev–Trinajstić information content (AvgIpc) is 3.46. The Morgan fingerprint density at radius 3 is 1.15 bits per heavy atom. The van der Waals surface area contributed by atoms with Crippen LogP contribution in [0.3, 0.4) is 0 Å². The Labute approximate surface area is 315 Å². The van der Waals surface area contributed by atoms with Crippen molar-refractivity contribution >= 4 is 27.0 Å². The molecular weight excluding hydrogens is 699 g/mol. The van der Waals surface area contributed by atoms with Crippen LogP contribution in [0.5, 0.6) is 5.75 Å². The second-order valence-electron chi connectivity index (χ2n) is 17.5. The number of hydrogen-bond donors (Lipinski definition) is 0. The molecule has 0 saturated carbocycles. The zero-order valence-corrected chi connectivity index (χ0v) is 37.0. The number of rotatable bonds is 0. The number of halogens is 1. The van der Waals surface area contributed by atoms with Crippen LogP contribution in [0.2, 0.25) is 13.1 Å². The minimum absolute atomic E-state index is 0. The van der Waals surface area contributed by atoms with Gasteiger partial charge in [0.25, 0.3) is 0 Å². The normalized spacial score (nSPS) is 11.8. The van der Waals surface area contributed by atoms with Crippen LogP contribution in [-0.4, -0.2) is 5.43 Å². The van der Waals surface area contributed by atoms with E-state index in [-0.39, 0.29) is 45.3 Å². The van der Waals surface area contributed by atoms with Gasteiger partial charge in [0.15, 0.2) is 0 Å². The molecule has 0 radical (unpaired) electrons. The maximum absolute atomic E-state index is 11.7. The molecule has 260 valence electrons. The summed E-state index contributed by atoms with van der Waals surface area (Å²) in [6.45, 7) is 35.2. The molecule has 0 aliphatic heterocycles. The summed E-state index contributed by atoms with van der Waals surface area (Å²) in [5.41, 5.74) is 8.41. The van der Waals surface area contributed by atoms with Crippen molar-refractivity contribution < 1.29 is 40.8 Å². The first-order valence-corrected chi connectivity index (χ1v) is 23.2. The van der Waals surface area contributed by atoms with Crippen LogP contribution in [0.15, 0.2) is 78.9 Å². The molecule has 5 aromatic rings. The van der Waals surface area contributed by atoms with Crippen LogP contribution >= 0.6 is 0 Å². The van der Waals surface area contributed by atoms with Crippen molar-refractivity contribution in [1.82, 2.24) is 0 Å². The average molecular weight is 761 g/mol. The van der Waals surface area contributed by atoms with E-state index >= 15 is 0 Å². The summed E-state index contributed by atoms with van der Waals surface area (Å²) in [5, 5.41) is 17.2. The Morgan fingerprint density at radius 1 is 0.521 bits per heavy atom. The minimum atomic E-state index is -0.0711. The van der Waals surface area contributed by atoms with E-state index in [0.29, 0.717) is 0 Å². The molecule has 0 unspecified atom stereocenters. The van der Waals surface area contributed by atoms with Crippen LogP contribution in [0.4, 0.5) is 0 Å². The second-order valence-corrected chi connectivity index (χ2v) is 26.8. The van der Waals surface area contributed by atoms with Gasteiger partial charge in [-0.25, -0.2) is 0 Å². The summed E-state index contributed by atoms with van der Waals surface area (Å²) in [6.07, 6.45) is 0. The van der Waals surface area contributed by atoms with Gasteiger partial charge in [-0.2, -0.15) is 12.1 Å². The molecule has 0 heterocycles. The summed E-state index contributed by atoms with van der Waals surface area (Å²) in [5.74, 6) is 0.149. The van der Waals surface area contributed by atoms with Crippen LogP contribution in [0.1, 0.15) is 116 Å². The van der Waals surface area contributed by atoms with E-state index in [9.17, 15) is 5.11 Å². The first-order valence-electron chi connectivity index (χ1n) is 17.0. The van der Waals surface area contributed by atoms with Crippen molar-refractivity contribution in [1.29, 1.82) is 0 Å². The molecule has 0 aliphatic carbocycles. The zero-order chi connectivity index (χ0) is 36.1. The molecule has 0 amide bonds. The van der Waals surface area contributed by atoms with Gasteiger partial charge < -0.3 is 17.5 Å². The van der Waals surface area contributed by atoms with E-state index in [4.69, 9.17) is 0 Å². The van der Waals surface area contributed by atoms with Gasteiger partial charge in [0.1, 0.15) is 0 Å². The molecular formula is C44H61ClOSiZr-2. The van der Waals surface area contributed by atoms with E-state index in [2.05, 4.69) is 177 Å². The van der Waals surface area contributed by atoms with Gasteiger partial charge in [-0.1, -0.05) is 132 Å². The largest absolute Gasteiger partial charge is 1.00 e. The molecule has 0 fully saturated rings. The summed E-state index contributed by atoms with van der Waals surface area (Å²) in [7, 11) is 0. The molecule has 1 nitrogen and oxygen atoms in total. The molecule has 0 aliphatic rings. The van der Waals surface area contributed by atoms with Crippen molar-refractivity contribution in [3.05, 3.63) is 112 Å². The molecule has 48 heavy (non-hydrogen) atoms. The maximum atomic E-state index is 11.7. The standard InChI is InChI=1S/C14H22O.2C14H17.C2H6Si.ClH.Zr/c1-13(2,3)10-7-8-12(15)11(9-10)14(4,5)6;2*1-10-7-11-5-6-13(14(2,3)4)9-12(11)8-10;1-3-2;;/h7-9,15H,1-6H3;2*5-9H,1-4H3;1-2H3;1H;/q;2*-1;;;+2/p-2. The molecule has 0 bridgehead atoms. The van der Waals surface area contributed by atoms with Crippen molar-refractivity contribution in [2.75, 3.05) is 0 Å². The molecule has 0 aromatic heterocycles. The predicted octanol–water partition coefficient (Wildman–Crippen LogP) is 9.47. The minimum Gasteiger partial charge on any atom is -1.00 e. The Morgan fingerprint density at radius 2 is 0.833 bits per heavy atom. The van der Waals surface area contributed by atoms with Gasteiger partial charge in [-0.15, -0.1) is 87.0 Å². The van der Waals surface area contributed by atoms with Crippen LogP contribution in [0.25, 0.3) is 21.5 Å². The summed E-state index contributed by atoms with van der Waals surface area (Å²) < 4.78 is 0. The quantitative estimate of drug-likeness (QED) is 0.114. The fourth-order valence-electron chi connectivity index (χ4n) is 5.24. The summed E-state index contributed by atoms with van der Waals surface area (Å²) in [4.78, 5) is 0. The molecule has 0 saturated heterocycles. The fraction of sp³-hybridized carbons (Fsp3) is 0.455. The number of fused-ring (bicyclic) bond motifs is 2. The van der Waals surface area contributed by atoms with Gasteiger partial charge in [0.2, 0.25) is 0 Å². The monoisotopic (exact) mass is 758 g/mol. The van der Waals surface area contributed by atoms with E-state index < -0.39 is 0 Å². The van der Waals surface area contributed by atoms with Crippen molar-refractivity contribution in [3.63, 3.8) is 0 Å². The van der Waals surface area contributed by atoms with E-state index in [1.54, 1.807) is 29.4 Å². The Bertz CT molecular complexity index is 1680. The van der Waals surface area contributed by atoms with Crippen molar-refractivity contribution in [2.45, 2.75) is 132 Å². The van der Waals surface area contributed by atoms with Gasteiger partial charge in [-0.05, 0) is 27.2 Å².